The lowest BCUT2D eigenvalue weighted by molar-refractivity contribution is 0.599. The van der Waals surface area contributed by atoms with E-state index in [9.17, 15) is 12.8 Å². The lowest BCUT2D eigenvalue weighted by Crippen LogP contribution is -2.27. The predicted octanol–water partition coefficient (Wildman–Crippen LogP) is 7.63. The van der Waals surface area contributed by atoms with Gasteiger partial charge in [-0.1, -0.05) is 53.9 Å². The van der Waals surface area contributed by atoms with E-state index in [1.54, 1.807) is 18.3 Å². The Morgan fingerprint density at radius 3 is 1.83 bits per heavy atom. The van der Waals surface area contributed by atoms with Crippen molar-refractivity contribution in [2.24, 2.45) is 0 Å². The van der Waals surface area contributed by atoms with Gasteiger partial charge in [0.15, 0.2) is 0 Å². The molecule has 9 heteroatoms. The molecule has 1 aromatic heterocycles. The zero-order chi connectivity index (χ0) is 27.4. The van der Waals surface area contributed by atoms with Crippen molar-refractivity contribution in [3.05, 3.63) is 46.4 Å². The maximum atomic E-state index is 13.2. The number of sulfonamides is 1. The third kappa shape index (κ3) is 10.3. The second kappa shape index (κ2) is 16.0. The quantitative estimate of drug-likeness (QED) is 0.220. The number of aromatic nitrogens is 2. The van der Waals surface area contributed by atoms with Gasteiger partial charge in [0.05, 0.1) is 40.2 Å². The topological polar surface area (TPSA) is 63.2 Å². The van der Waals surface area contributed by atoms with Gasteiger partial charge >= 0.3 is 0 Å². The summed E-state index contributed by atoms with van der Waals surface area (Å²) in [6, 6.07) is 7.47. The van der Waals surface area contributed by atoms with Crippen LogP contribution >= 0.6 is 23.2 Å². The molecule has 1 heterocycles. The average Bonchev–Trinajstić information content (AvgIpc) is 2.84. The molecule has 36 heavy (non-hydrogen) atoms. The third-order valence-corrected chi connectivity index (χ3v) is 13.0. The van der Waals surface area contributed by atoms with E-state index < -0.39 is 17.3 Å². The zero-order valence-corrected chi connectivity index (χ0v) is 26.4. The van der Waals surface area contributed by atoms with Crippen LogP contribution in [0.5, 0.6) is 0 Å². The van der Waals surface area contributed by atoms with E-state index in [0.29, 0.717) is 0 Å². The van der Waals surface area contributed by atoms with Gasteiger partial charge in [0.2, 0.25) is 16.0 Å². The second-order valence-electron chi connectivity index (χ2n) is 9.64. The summed E-state index contributed by atoms with van der Waals surface area (Å²) in [5.41, 5.74) is 0.792. The molecule has 0 unspecified atom stereocenters. The van der Waals surface area contributed by atoms with Gasteiger partial charge in [-0.25, -0.2) is 27.1 Å². The van der Waals surface area contributed by atoms with E-state index in [2.05, 4.69) is 58.8 Å². The van der Waals surface area contributed by atoms with Crippen molar-refractivity contribution < 1.29 is 12.8 Å². The number of hydrogen-bond acceptors (Lipinski definition) is 4. The Bertz CT molecular complexity index is 998. The van der Waals surface area contributed by atoms with Crippen LogP contribution in [-0.2, 0) is 10.0 Å². The molecule has 0 saturated heterocycles. The molecule has 2 aromatic rings. The number of benzene rings is 1. The fourth-order valence-electron chi connectivity index (χ4n) is 3.94. The van der Waals surface area contributed by atoms with E-state index in [-0.39, 0.29) is 17.7 Å². The standard InChI is InChI=1S/C18H31FP.C9H14BrN3O2S/c1-4-7-14-20(15-8-5-2,16-9-6-3)18-12-10-17(19)11-13-18;1-6(2)8-7(10)5-11-9(12-8)13(3)16(4,14)15/h10-13H,4-9,14-16H2,1-3H3;5-6H,1-4H3/q+1;. The molecule has 0 fully saturated rings. The number of hydrogen-bond donors (Lipinski definition) is 0. The van der Waals surface area contributed by atoms with E-state index in [1.165, 1.54) is 69.4 Å². The van der Waals surface area contributed by atoms with Crippen LogP contribution in [0.4, 0.5) is 10.3 Å². The Balaban J connectivity index is 0.000000369. The van der Waals surface area contributed by atoms with Gasteiger partial charge in [0.1, 0.15) is 5.82 Å². The molecule has 2 rings (SSSR count). The van der Waals surface area contributed by atoms with Crippen LogP contribution in [0.3, 0.4) is 0 Å². The van der Waals surface area contributed by atoms with Crippen LogP contribution in [0.15, 0.2) is 34.9 Å². The Morgan fingerprint density at radius 1 is 0.972 bits per heavy atom. The number of unbranched alkanes of at least 4 members (excludes halogenated alkanes) is 3. The van der Waals surface area contributed by atoms with Crippen molar-refractivity contribution in [2.45, 2.75) is 79.1 Å². The first-order valence-electron chi connectivity index (χ1n) is 13.0. The third-order valence-electron chi connectivity index (χ3n) is 6.28. The molecule has 0 aliphatic rings. The minimum Gasteiger partial charge on any atom is -0.241 e. The summed E-state index contributed by atoms with van der Waals surface area (Å²) < 4.78 is 37.8. The molecule has 0 atom stereocenters. The Morgan fingerprint density at radius 2 is 1.44 bits per heavy atom. The van der Waals surface area contributed by atoms with Crippen LogP contribution < -0.4 is 9.61 Å². The van der Waals surface area contributed by atoms with Crippen molar-refractivity contribution in [3.8, 4) is 0 Å². The van der Waals surface area contributed by atoms with Crippen LogP contribution in [0.25, 0.3) is 0 Å². The highest BCUT2D eigenvalue weighted by Gasteiger charge is 2.37. The first kappa shape index (κ1) is 32.9. The lowest BCUT2D eigenvalue weighted by Gasteiger charge is -2.27. The first-order chi connectivity index (χ1) is 16.9. The Hall–Kier alpha value is -1.11. The molecule has 0 amide bonds. The molecule has 0 bridgehead atoms. The van der Waals surface area contributed by atoms with Crippen LogP contribution in [0.1, 0.15) is 84.8 Å². The Labute approximate surface area is 228 Å². The summed E-state index contributed by atoms with van der Waals surface area (Å²) >= 11 is 3.34. The van der Waals surface area contributed by atoms with Crippen LogP contribution in [0.2, 0.25) is 0 Å². The molecule has 5 nitrogen and oxygen atoms in total. The maximum Gasteiger partial charge on any atom is 0.239 e. The number of halogens is 2. The highest BCUT2D eigenvalue weighted by molar-refractivity contribution is 9.10. The van der Waals surface area contributed by atoms with E-state index in [4.69, 9.17) is 0 Å². The van der Waals surface area contributed by atoms with Gasteiger partial charge in [-0.05, 0) is 65.4 Å². The summed E-state index contributed by atoms with van der Waals surface area (Å²) in [6.45, 7) is 10.8. The lowest BCUT2D eigenvalue weighted by atomic mass is 10.1. The fraction of sp³-hybridized carbons (Fsp3) is 0.630. The van der Waals surface area contributed by atoms with E-state index in [0.717, 1.165) is 20.7 Å². The average molecular weight is 606 g/mol. The zero-order valence-electron chi connectivity index (χ0n) is 23.1. The molecule has 0 N–H and O–H groups in total. The predicted molar refractivity (Wildman–Crippen MR) is 159 cm³/mol. The largest absolute Gasteiger partial charge is 0.241 e. The molecule has 1 aromatic carbocycles. The van der Waals surface area contributed by atoms with Gasteiger partial charge in [0, 0.05) is 20.5 Å². The molecular formula is C27H45BrFN3O2PS+. The van der Waals surface area contributed by atoms with Gasteiger partial charge in [-0.15, -0.1) is 0 Å². The number of rotatable bonds is 13. The molecule has 0 radical (unpaired) electrons. The van der Waals surface area contributed by atoms with E-state index in [1.807, 2.05) is 13.8 Å². The van der Waals surface area contributed by atoms with Crippen molar-refractivity contribution >= 4 is 44.5 Å². The molecule has 0 aliphatic heterocycles. The van der Waals surface area contributed by atoms with Gasteiger partial charge in [0.25, 0.3) is 0 Å². The minimum absolute atomic E-state index is 0.103. The van der Waals surface area contributed by atoms with Gasteiger partial charge in [-0.2, -0.15) is 0 Å². The summed E-state index contributed by atoms with van der Waals surface area (Å²) in [4.78, 5) is 8.20. The van der Waals surface area contributed by atoms with Crippen molar-refractivity contribution in [1.29, 1.82) is 0 Å². The van der Waals surface area contributed by atoms with Crippen molar-refractivity contribution in [1.82, 2.24) is 9.97 Å². The summed E-state index contributed by atoms with van der Waals surface area (Å²) in [6.07, 6.45) is 14.5. The highest BCUT2D eigenvalue weighted by Crippen LogP contribution is 2.59. The van der Waals surface area contributed by atoms with Crippen LogP contribution in [0, 0.1) is 5.82 Å². The monoisotopic (exact) mass is 604 g/mol. The minimum atomic E-state index is -3.32. The number of anilines is 1. The summed E-state index contributed by atoms with van der Waals surface area (Å²) in [5, 5.41) is 1.47. The normalized spacial score (nSPS) is 11.8. The SMILES string of the molecule is CC(C)c1nc(N(C)S(C)(=O)=O)ncc1Br.CCCC[P+](CCCC)(CCCC)c1ccc(F)cc1. The molecule has 0 aliphatic carbocycles. The highest BCUT2D eigenvalue weighted by atomic mass is 79.9. The van der Waals surface area contributed by atoms with E-state index >= 15 is 0 Å². The molecule has 0 spiro atoms. The maximum absolute atomic E-state index is 13.2. The summed E-state index contributed by atoms with van der Waals surface area (Å²) in [5.74, 6) is 0.284. The van der Waals surface area contributed by atoms with Gasteiger partial charge in [-0.3, -0.25) is 0 Å². The fourth-order valence-corrected chi connectivity index (χ4v) is 9.96. The number of nitrogens with zero attached hydrogens (tertiary/aromatic N) is 3. The smallest absolute Gasteiger partial charge is 0.239 e. The Kier molecular flexibility index (Phi) is 14.6. The van der Waals surface area contributed by atoms with Gasteiger partial charge < -0.3 is 0 Å². The van der Waals surface area contributed by atoms with Crippen molar-refractivity contribution in [3.63, 3.8) is 0 Å². The second-order valence-corrected chi connectivity index (χ2v) is 16.7. The van der Waals surface area contributed by atoms with Crippen LogP contribution in [-0.4, -0.2) is 50.2 Å². The molecule has 204 valence electrons. The summed E-state index contributed by atoms with van der Waals surface area (Å²) in [7, 11) is -2.97. The molecular weight excluding hydrogens is 560 g/mol. The van der Waals surface area contributed by atoms with Crippen molar-refractivity contribution in [2.75, 3.05) is 36.1 Å². The molecule has 0 saturated carbocycles. The first-order valence-corrected chi connectivity index (χ1v) is 18.0.